The molecule has 4 aromatic rings. The Kier molecular flexibility index (Phi) is 8.32. The monoisotopic (exact) mass is 569 g/mol. The molecule has 0 radical (unpaired) electrons. The first-order valence-corrected chi connectivity index (χ1v) is 13.6. The second-order valence-electron chi connectivity index (χ2n) is 11.4. The molecule has 1 atom stereocenters. The van der Waals surface area contributed by atoms with Crippen LogP contribution in [0.2, 0.25) is 0 Å². The van der Waals surface area contributed by atoms with Gasteiger partial charge in [-0.05, 0) is 104 Å². The van der Waals surface area contributed by atoms with Crippen LogP contribution in [0.25, 0.3) is 16.6 Å². The van der Waals surface area contributed by atoms with Gasteiger partial charge in [0.15, 0.2) is 5.60 Å². The number of nitrogens with one attached hydrogen (secondary N) is 1. The molecule has 2 N–H and O–H groups in total. The van der Waals surface area contributed by atoms with E-state index >= 15 is 0 Å². The lowest BCUT2D eigenvalue weighted by Crippen LogP contribution is -2.49. The predicted octanol–water partition coefficient (Wildman–Crippen LogP) is 7.13. The summed E-state index contributed by atoms with van der Waals surface area (Å²) < 4.78 is 59.0. The minimum atomic E-state index is -4.90. The van der Waals surface area contributed by atoms with E-state index in [-0.39, 0.29) is 12.3 Å². The molecule has 0 aliphatic rings. The van der Waals surface area contributed by atoms with E-state index in [4.69, 9.17) is 0 Å². The quantitative estimate of drug-likeness (QED) is 0.211. The average Bonchev–Trinajstić information content (AvgIpc) is 3.32. The van der Waals surface area contributed by atoms with Crippen LogP contribution in [-0.4, -0.2) is 39.1 Å². The number of rotatable bonds is 9. The second-order valence-corrected chi connectivity index (χ2v) is 11.4. The molecule has 0 aliphatic heterocycles. The molecule has 41 heavy (non-hydrogen) atoms. The van der Waals surface area contributed by atoms with E-state index < -0.39 is 35.9 Å². The number of aliphatic hydroxyl groups is 1. The fourth-order valence-electron chi connectivity index (χ4n) is 5.63. The van der Waals surface area contributed by atoms with Crippen LogP contribution in [0, 0.1) is 19.7 Å². The highest BCUT2D eigenvalue weighted by molar-refractivity contribution is 5.95. The van der Waals surface area contributed by atoms with Crippen molar-refractivity contribution >= 4 is 16.8 Å². The number of amides is 1. The number of aromatic nitrogens is 2. The first kappa shape index (κ1) is 30.2. The molecule has 5 nitrogen and oxygen atoms in total. The number of carbonyl (C=O) groups is 1. The summed E-state index contributed by atoms with van der Waals surface area (Å²) in [5.74, 6) is -0.754. The molecule has 218 valence electrons. The van der Waals surface area contributed by atoms with Crippen molar-refractivity contribution in [2.45, 2.75) is 71.1 Å². The first-order valence-electron chi connectivity index (χ1n) is 13.6. The molecule has 0 aliphatic carbocycles. The fraction of sp³-hybridized carbons (Fsp3) is 0.375. The Morgan fingerprint density at radius 3 is 2.46 bits per heavy atom. The summed E-state index contributed by atoms with van der Waals surface area (Å²) >= 11 is 0. The maximum atomic E-state index is 14.4. The molecule has 0 spiro atoms. The lowest BCUT2D eigenvalue weighted by Gasteiger charge is -2.38. The maximum absolute atomic E-state index is 14.4. The molecule has 0 bridgehead atoms. The third kappa shape index (κ3) is 6.30. The minimum absolute atomic E-state index is 0.0585. The highest BCUT2D eigenvalue weighted by atomic mass is 19.4. The van der Waals surface area contributed by atoms with Crippen LogP contribution in [0.15, 0.2) is 60.8 Å². The zero-order valence-corrected chi connectivity index (χ0v) is 23.9. The van der Waals surface area contributed by atoms with Crippen LogP contribution in [0.1, 0.15) is 66.2 Å². The maximum Gasteiger partial charge on any atom is 0.417 e. The summed E-state index contributed by atoms with van der Waals surface area (Å²) in [5, 5.41) is 19.0. The second kappa shape index (κ2) is 11.3. The average molecular weight is 570 g/mol. The molecule has 1 unspecified atom stereocenters. The zero-order valence-electron chi connectivity index (χ0n) is 23.9. The van der Waals surface area contributed by atoms with Gasteiger partial charge in [0.05, 0.1) is 17.4 Å². The van der Waals surface area contributed by atoms with Gasteiger partial charge in [-0.3, -0.25) is 4.79 Å². The van der Waals surface area contributed by atoms with Crippen LogP contribution >= 0.6 is 0 Å². The topological polar surface area (TPSA) is 67.2 Å². The third-order valence-electron chi connectivity index (χ3n) is 7.61. The first-order chi connectivity index (χ1) is 19.1. The largest absolute Gasteiger partial charge is 0.417 e. The molecular weight excluding hydrogens is 534 g/mol. The van der Waals surface area contributed by atoms with E-state index in [1.54, 1.807) is 62.0 Å². The smallest absolute Gasteiger partial charge is 0.380 e. The summed E-state index contributed by atoms with van der Waals surface area (Å²) in [6.07, 6.45) is -4.58. The Morgan fingerprint density at radius 1 is 1.05 bits per heavy atom. The third-order valence-corrected chi connectivity index (χ3v) is 7.61. The fourth-order valence-corrected chi connectivity index (χ4v) is 5.63. The number of benzene rings is 3. The van der Waals surface area contributed by atoms with Crippen molar-refractivity contribution < 1.29 is 27.5 Å². The standard InChI is InChI=1S/C32H35F4N3O2/c1-6-37-29(40)23-8-7-9-25(16-23)39-28-15-20(2)14-22(26(28)18-38-39)12-13-31(41,32(34,35)36)19-30(4,5)27-17-24(33)11-10-21(27)3/h7-11,14-18,41H,6,12-13,19H2,1-5H3,(H,37,40). The van der Waals surface area contributed by atoms with Gasteiger partial charge in [0, 0.05) is 17.5 Å². The Labute approximate surface area is 237 Å². The number of carbonyl (C=O) groups excluding carboxylic acids is 1. The van der Waals surface area contributed by atoms with Gasteiger partial charge < -0.3 is 10.4 Å². The minimum Gasteiger partial charge on any atom is -0.380 e. The molecule has 1 heterocycles. The van der Waals surface area contributed by atoms with Crippen molar-refractivity contribution in [3.8, 4) is 5.69 Å². The van der Waals surface area contributed by atoms with E-state index in [9.17, 15) is 27.5 Å². The molecule has 0 fully saturated rings. The number of nitrogens with zero attached hydrogens (tertiary/aromatic N) is 2. The van der Waals surface area contributed by atoms with E-state index in [0.29, 0.717) is 45.4 Å². The Bertz CT molecular complexity index is 1580. The lowest BCUT2D eigenvalue weighted by molar-refractivity contribution is -0.269. The normalized spacial score (nSPS) is 13.8. The predicted molar refractivity (Wildman–Crippen MR) is 152 cm³/mol. The number of hydrogen-bond acceptors (Lipinski definition) is 3. The van der Waals surface area contributed by atoms with E-state index in [1.165, 1.54) is 18.2 Å². The summed E-state index contributed by atoms with van der Waals surface area (Å²) in [4.78, 5) is 12.3. The van der Waals surface area contributed by atoms with Crippen molar-refractivity contribution in [2.24, 2.45) is 0 Å². The highest BCUT2D eigenvalue weighted by Gasteiger charge is 2.55. The molecule has 9 heteroatoms. The summed E-state index contributed by atoms with van der Waals surface area (Å²) in [5.41, 5.74) is 0.139. The van der Waals surface area contributed by atoms with Gasteiger partial charge in [-0.2, -0.15) is 18.3 Å². The number of hydrogen-bond donors (Lipinski definition) is 2. The van der Waals surface area contributed by atoms with Gasteiger partial charge in [-0.1, -0.05) is 32.0 Å². The van der Waals surface area contributed by atoms with E-state index in [2.05, 4.69) is 10.4 Å². The summed E-state index contributed by atoms with van der Waals surface area (Å²) in [6, 6.07) is 14.7. The van der Waals surface area contributed by atoms with Crippen molar-refractivity contribution in [1.29, 1.82) is 0 Å². The van der Waals surface area contributed by atoms with Gasteiger partial charge >= 0.3 is 6.18 Å². The summed E-state index contributed by atoms with van der Waals surface area (Å²) in [7, 11) is 0. The molecule has 3 aromatic carbocycles. The van der Waals surface area contributed by atoms with Gasteiger partial charge in [-0.15, -0.1) is 0 Å². The van der Waals surface area contributed by atoms with Crippen LogP contribution in [0.3, 0.4) is 0 Å². The van der Waals surface area contributed by atoms with Crippen molar-refractivity contribution in [2.75, 3.05) is 6.54 Å². The number of fused-ring (bicyclic) bond motifs is 1. The Hall–Kier alpha value is -3.72. The SMILES string of the molecule is CCNC(=O)c1cccc(-n2ncc3c(CCC(O)(CC(C)(C)c4cc(F)ccc4C)C(F)(F)F)cc(C)cc32)c1. The van der Waals surface area contributed by atoms with Crippen molar-refractivity contribution in [3.63, 3.8) is 0 Å². The molecule has 1 aromatic heterocycles. The van der Waals surface area contributed by atoms with Gasteiger partial charge in [0.1, 0.15) is 5.82 Å². The van der Waals surface area contributed by atoms with Gasteiger partial charge in [-0.25, -0.2) is 9.07 Å². The number of aryl methyl sites for hydroxylation is 3. The Balaban J connectivity index is 1.67. The van der Waals surface area contributed by atoms with Crippen molar-refractivity contribution in [3.05, 3.63) is 94.4 Å². The number of halogens is 4. The molecule has 4 rings (SSSR count). The molecule has 1 amide bonds. The van der Waals surface area contributed by atoms with Crippen LogP contribution in [0.5, 0.6) is 0 Å². The van der Waals surface area contributed by atoms with Crippen LogP contribution in [0.4, 0.5) is 17.6 Å². The van der Waals surface area contributed by atoms with Gasteiger partial charge in [0.25, 0.3) is 5.91 Å². The van der Waals surface area contributed by atoms with Crippen LogP contribution in [-0.2, 0) is 11.8 Å². The van der Waals surface area contributed by atoms with E-state index in [1.807, 2.05) is 19.9 Å². The highest BCUT2D eigenvalue weighted by Crippen LogP contribution is 2.44. The van der Waals surface area contributed by atoms with Crippen molar-refractivity contribution in [1.82, 2.24) is 15.1 Å². The molecule has 0 saturated carbocycles. The zero-order chi connectivity index (χ0) is 30.2. The van der Waals surface area contributed by atoms with E-state index in [0.717, 1.165) is 5.56 Å². The lowest BCUT2D eigenvalue weighted by atomic mass is 9.72. The number of alkyl halides is 3. The van der Waals surface area contributed by atoms with Crippen LogP contribution < -0.4 is 5.32 Å². The Morgan fingerprint density at radius 2 is 1.78 bits per heavy atom. The summed E-state index contributed by atoms with van der Waals surface area (Å²) in [6.45, 7) is 9.06. The molecular formula is C32H35F4N3O2. The molecule has 0 saturated heterocycles. The van der Waals surface area contributed by atoms with Gasteiger partial charge in [0.2, 0.25) is 0 Å².